The molecule has 1 amide bonds. The molecule has 1 unspecified atom stereocenters. The van der Waals surface area contributed by atoms with Gasteiger partial charge in [-0.15, -0.1) is 12.4 Å². The highest BCUT2D eigenvalue weighted by atomic mass is 35.5. The molecule has 0 spiro atoms. The average molecular weight is 353 g/mol. The van der Waals surface area contributed by atoms with Gasteiger partial charge in [-0.2, -0.15) is 13.2 Å². The molecule has 1 atom stereocenters. The van der Waals surface area contributed by atoms with E-state index in [-0.39, 0.29) is 36.7 Å². The molecule has 1 fully saturated rings. The van der Waals surface area contributed by atoms with Crippen molar-refractivity contribution in [3.8, 4) is 5.75 Å². The third-order valence-corrected chi connectivity index (χ3v) is 3.38. The van der Waals surface area contributed by atoms with E-state index in [1.54, 1.807) is 12.1 Å². The summed E-state index contributed by atoms with van der Waals surface area (Å²) in [6, 6.07) is 6.51. The van der Waals surface area contributed by atoms with Gasteiger partial charge in [-0.1, -0.05) is 12.1 Å². The Bertz CT molecular complexity index is 506. The predicted molar refractivity (Wildman–Crippen MR) is 82.7 cm³/mol. The molecule has 8 heteroatoms. The van der Waals surface area contributed by atoms with Gasteiger partial charge in [-0.3, -0.25) is 4.79 Å². The van der Waals surface area contributed by atoms with Crippen molar-refractivity contribution in [2.24, 2.45) is 0 Å². The Morgan fingerprint density at radius 2 is 2.17 bits per heavy atom. The zero-order chi connectivity index (χ0) is 16.0. The van der Waals surface area contributed by atoms with Crippen LogP contribution in [0.1, 0.15) is 24.8 Å². The molecule has 0 bridgehead atoms. The summed E-state index contributed by atoms with van der Waals surface area (Å²) in [7, 11) is 0. The lowest BCUT2D eigenvalue weighted by atomic mass is 10.1. The molecule has 2 N–H and O–H groups in total. The van der Waals surface area contributed by atoms with Crippen LogP contribution in [0.2, 0.25) is 0 Å². The van der Waals surface area contributed by atoms with E-state index >= 15 is 0 Å². The molecule has 1 aromatic rings. The van der Waals surface area contributed by atoms with Gasteiger partial charge in [0.25, 0.3) is 0 Å². The number of carbonyl (C=O) groups is 1. The van der Waals surface area contributed by atoms with E-state index in [4.69, 9.17) is 0 Å². The molecule has 0 aliphatic carbocycles. The fourth-order valence-electron chi connectivity index (χ4n) is 2.34. The number of amides is 1. The Morgan fingerprint density at radius 3 is 2.83 bits per heavy atom. The maximum Gasteiger partial charge on any atom is 0.422 e. The zero-order valence-corrected chi connectivity index (χ0v) is 13.3. The van der Waals surface area contributed by atoms with Gasteiger partial charge >= 0.3 is 6.18 Å². The van der Waals surface area contributed by atoms with Crippen molar-refractivity contribution in [3.63, 3.8) is 0 Å². The number of alkyl halides is 3. The average Bonchev–Trinajstić information content (AvgIpc) is 2.96. The molecular formula is C15H20ClF3N2O2. The largest absolute Gasteiger partial charge is 0.484 e. The summed E-state index contributed by atoms with van der Waals surface area (Å²) >= 11 is 0. The molecule has 2 rings (SSSR count). The number of halogens is 4. The molecular weight excluding hydrogens is 333 g/mol. The monoisotopic (exact) mass is 352 g/mol. The van der Waals surface area contributed by atoms with Crippen LogP contribution in [0.4, 0.5) is 13.2 Å². The highest BCUT2D eigenvalue weighted by molar-refractivity contribution is 5.85. The van der Waals surface area contributed by atoms with Gasteiger partial charge in [0.1, 0.15) is 5.75 Å². The van der Waals surface area contributed by atoms with Crippen molar-refractivity contribution in [2.45, 2.75) is 38.0 Å². The number of rotatable bonds is 6. The van der Waals surface area contributed by atoms with Crippen LogP contribution in [0, 0.1) is 0 Å². The minimum Gasteiger partial charge on any atom is -0.484 e. The number of hydrogen-bond donors (Lipinski definition) is 2. The SMILES string of the molecule is Cl.O=C(CC1CCCN1)NCc1cccc(OCC(F)(F)F)c1. The summed E-state index contributed by atoms with van der Waals surface area (Å²) in [5.74, 6) is 0.0718. The maximum absolute atomic E-state index is 12.1. The van der Waals surface area contributed by atoms with Crippen molar-refractivity contribution in [1.82, 2.24) is 10.6 Å². The van der Waals surface area contributed by atoms with E-state index < -0.39 is 12.8 Å². The van der Waals surface area contributed by atoms with Crippen molar-refractivity contribution >= 4 is 18.3 Å². The van der Waals surface area contributed by atoms with Crippen LogP contribution < -0.4 is 15.4 Å². The van der Waals surface area contributed by atoms with Gasteiger partial charge in [0.15, 0.2) is 6.61 Å². The first-order chi connectivity index (χ1) is 10.4. The molecule has 1 aromatic carbocycles. The maximum atomic E-state index is 12.1. The molecule has 1 aliphatic rings. The highest BCUT2D eigenvalue weighted by Crippen LogP contribution is 2.19. The van der Waals surface area contributed by atoms with Crippen LogP contribution >= 0.6 is 12.4 Å². The van der Waals surface area contributed by atoms with Crippen molar-refractivity contribution < 1.29 is 22.7 Å². The Labute approximate surface area is 139 Å². The fraction of sp³-hybridized carbons (Fsp3) is 0.533. The molecule has 1 saturated heterocycles. The zero-order valence-electron chi connectivity index (χ0n) is 12.5. The second-order valence-corrected chi connectivity index (χ2v) is 5.33. The normalized spacial score (nSPS) is 17.4. The second kappa shape index (κ2) is 8.98. The quantitative estimate of drug-likeness (QED) is 0.827. The fourth-order valence-corrected chi connectivity index (χ4v) is 2.34. The second-order valence-electron chi connectivity index (χ2n) is 5.33. The first-order valence-electron chi connectivity index (χ1n) is 7.21. The van der Waals surface area contributed by atoms with Gasteiger partial charge < -0.3 is 15.4 Å². The summed E-state index contributed by atoms with van der Waals surface area (Å²) < 4.78 is 41.0. The van der Waals surface area contributed by atoms with Gasteiger partial charge in [-0.05, 0) is 37.1 Å². The van der Waals surface area contributed by atoms with Crippen LogP contribution in [0.25, 0.3) is 0 Å². The van der Waals surface area contributed by atoms with Crippen LogP contribution in [-0.4, -0.2) is 31.3 Å². The van der Waals surface area contributed by atoms with Gasteiger partial charge in [-0.25, -0.2) is 0 Å². The standard InChI is InChI=1S/C15H19F3N2O2.ClH/c16-15(17,18)10-22-13-5-1-3-11(7-13)9-20-14(21)8-12-4-2-6-19-12;/h1,3,5,7,12,19H,2,4,6,8-10H2,(H,20,21);1H. The van der Waals surface area contributed by atoms with Crippen molar-refractivity contribution in [2.75, 3.05) is 13.2 Å². The summed E-state index contributed by atoms with van der Waals surface area (Å²) in [6.45, 7) is -0.110. The third-order valence-electron chi connectivity index (χ3n) is 3.38. The molecule has 1 aliphatic heterocycles. The Kier molecular flexibility index (Phi) is 7.64. The Morgan fingerprint density at radius 1 is 1.39 bits per heavy atom. The lowest BCUT2D eigenvalue weighted by Gasteiger charge is -2.12. The minimum atomic E-state index is -4.36. The van der Waals surface area contributed by atoms with Crippen LogP contribution in [0.3, 0.4) is 0 Å². The number of benzene rings is 1. The first kappa shape index (κ1) is 19.6. The van der Waals surface area contributed by atoms with E-state index in [1.807, 2.05) is 0 Å². The predicted octanol–water partition coefficient (Wildman–Crippen LogP) is 2.81. The lowest BCUT2D eigenvalue weighted by molar-refractivity contribution is -0.153. The topological polar surface area (TPSA) is 50.4 Å². The van der Waals surface area contributed by atoms with Crippen LogP contribution in [0.15, 0.2) is 24.3 Å². The van der Waals surface area contributed by atoms with Crippen molar-refractivity contribution in [1.29, 1.82) is 0 Å². The lowest BCUT2D eigenvalue weighted by Crippen LogP contribution is -2.31. The molecule has 4 nitrogen and oxygen atoms in total. The summed E-state index contributed by atoms with van der Waals surface area (Å²) in [5, 5.41) is 6.01. The molecule has 0 radical (unpaired) electrons. The number of carbonyl (C=O) groups excluding carboxylic acids is 1. The Hall–Kier alpha value is -1.47. The van der Waals surface area contributed by atoms with Crippen LogP contribution in [-0.2, 0) is 11.3 Å². The summed E-state index contributed by atoms with van der Waals surface area (Å²) in [4.78, 5) is 11.8. The van der Waals surface area contributed by atoms with E-state index in [0.29, 0.717) is 12.0 Å². The van der Waals surface area contributed by atoms with Crippen molar-refractivity contribution in [3.05, 3.63) is 29.8 Å². The molecule has 130 valence electrons. The van der Waals surface area contributed by atoms with E-state index in [1.165, 1.54) is 12.1 Å². The first-order valence-corrected chi connectivity index (χ1v) is 7.21. The van der Waals surface area contributed by atoms with E-state index in [0.717, 1.165) is 19.4 Å². The molecule has 0 saturated carbocycles. The van der Waals surface area contributed by atoms with E-state index in [2.05, 4.69) is 15.4 Å². The Balaban J connectivity index is 0.00000264. The third kappa shape index (κ3) is 7.56. The van der Waals surface area contributed by atoms with Gasteiger partial charge in [0.05, 0.1) is 0 Å². The smallest absolute Gasteiger partial charge is 0.422 e. The van der Waals surface area contributed by atoms with E-state index in [9.17, 15) is 18.0 Å². The van der Waals surface area contributed by atoms with Gasteiger partial charge in [0, 0.05) is 19.0 Å². The number of nitrogens with one attached hydrogen (secondary N) is 2. The summed E-state index contributed by atoms with van der Waals surface area (Å²) in [5.41, 5.74) is 0.701. The molecule has 0 aromatic heterocycles. The number of ether oxygens (including phenoxy) is 1. The van der Waals surface area contributed by atoms with Crippen LogP contribution in [0.5, 0.6) is 5.75 Å². The highest BCUT2D eigenvalue weighted by Gasteiger charge is 2.28. The minimum absolute atomic E-state index is 0. The molecule has 23 heavy (non-hydrogen) atoms. The molecule has 1 heterocycles. The van der Waals surface area contributed by atoms with Gasteiger partial charge in [0.2, 0.25) is 5.91 Å². The summed E-state index contributed by atoms with van der Waals surface area (Å²) in [6.07, 6.45) is -1.87. The number of hydrogen-bond acceptors (Lipinski definition) is 3.